The number of benzene rings is 3. The molecule has 0 aliphatic carbocycles. The molecule has 0 saturated carbocycles. The molecule has 2 atom stereocenters. The van der Waals surface area contributed by atoms with Crippen LogP contribution in [0.4, 0.5) is 0 Å². The predicted molar refractivity (Wildman–Crippen MR) is 155 cm³/mol. The van der Waals surface area contributed by atoms with Crippen LogP contribution in [-0.4, -0.2) is 28.8 Å². The second-order valence-electron chi connectivity index (χ2n) is 10.1. The average molecular weight is 564 g/mol. The van der Waals surface area contributed by atoms with E-state index in [1.165, 1.54) is 5.56 Å². The highest BCUT2D eigenvalue weighted by Gasteiger charge is 2.30. The van der Waals surface area contributed by atoms with E-state index in [1.54, 1.807) is 4.90 Å². The highest BCUT2D eigenvalue weighted by Crippen LogP contribution is 2.20. The number of aryl methyl sites for hydroxylation is 1. The molecule has 2 amide bonds. The van der Waals surface area contributed by atoms with E-state index in [-0.39, 0.29) is 17.9 Å². The third-order valence-corrected chi connectivity index (χ3v) is 7.34. The molecule has 0 aliphatic heterocycles. The standard InChI is InChI=1S/C32H39BrN2O2/c1-5-24(4)34-32(37)30(21-26-9-7-6-8-10-26)35(22-27-13-18-29(33)19-14-27)31(36)20-15-25-11-16-28(17-12-25)23(2)3/h6-14,16-19,23-24,30H,5,15,20-22H2,1-4H3,(H,34,37)/t24-,30+/m0/s1. The minimum absolute atomic E-state index is 0.0175. The molecule has 3 aromatic rings. The SMILES string of the molecule is CC[C@H](C)NC(=O)[C@@H](Cc1ccccc1)N(Cc1ccc(Br)cc1)C(=O)CCc1ccc(C(C)C)cc1. The molecule has 4 nitrogen and oxygen atoms in total. The number of halogens is 1. The van der Waals surface area contributed by atoms with Crippen molar-refractivity contribution in [3.63, 3.8) is 0 Å². The van der Waals surface area contributed by atoms with Gasteiger partial charge in [0.1, 0.15) is 6.04 Å². The van der Waals surface area contributed by atoms with E-state index in [4.69, 9.17) is 0 Å². The summed E-state index contributed by atoms with van der Waals surface area (Å²) < 4.78 is 0.981. The first kappa shape index (κ1) is 28.6. The lowest BCUT2D eigenvalue weighted by atomic mass is 9.99. The Kier molecular flexibility index (Phi) is 10.9. The lowest BCUT2D eigenvalue weighted by molar-refractivity contribution is -0.141. The highest BCUT2D eigenvalue weighted by atomic mass is 79.9. The molecule has 3 aromatic carbocycles. The Bertz CT molecular complexity index is 1130. The van der Waals surface area contributed by atoms with Crippen molar-refractivity contribution in [1.82, 2.24) is 10.2 Å². The van der Waals surface area contributed by atoms with Gasteiger partial charge in [-0.1, -0.05) is 103 Å². The van der Waals surface area contributed by atoms with Gasteiger partial charge >= 0.3 is 0 Å². The number of carbonyl (C=O) groups excluding carboxylic acids is 2. The Morgan fingerprint density at radius 2 is 1.46 bits per heavy atom. The Balaban J connectivity index is 1.88. The molecule has 37 heavy (non-hydrogen) atoms. The quantitative estimate of drug-likeness (QED) is 0.257. The van der Waals surface area contributed by atoms with Crippen molar-refractivity contribution in [3.05, 3.63) is 106 Å². The second-order valence-corrected chi connectivity index (χ2v) is 11.0. The maximum atomic E-state index is 13.8. The van der Waals surface area contributed by atoms with Crippen LogP contribution in [0.5, 0.6) is 0 Å². The van der Waals surface area contributed by atoms with Crippen LogP contribution in [0.2, 0.25) is 0 Å². The van der Waals surface area contributed by atoms with Gasteiger partial charge in [-0.2, -0.15) is 0 Å². The summed E-state index contributed by atoms with van der Waals surface area (Å²) in [5.74, 6) is 0.348. The summed E-state index contributed by atoms with van der Waals surface area (Å²) in [4.78, 5) is 29.1. The van der Waals surface area contributed by atoms with Crippen molar-refractivity contribution in [3.8, 4) is 0 Å². The third kappa shape index (κ3) is 8.85. The van der Waals surface area contributed by atoms with Crippen LogP contribution in [0.15, 0.2) is 83.3 Å². The van der Waals surface area contributed by atoms with Gasteiger partial charge in [0, 0.05) is 29.9 Å². The minimum Gasteiger partial charge on any atom is -0.352 e. The summed E-state index contributed by atoms with van der Waals surface area (Å²) in [5, 5.41) is 3.13. The van der Waals surface area contributed by atoms with Crippen LogP contribution < -0.4 is 5.32 Å². The third-order valence-electron chi connectivity index (χ3n) is 6.81. The van der Waals surface area contributed by atoms with Crippen LogP contribution in [0.3, 0.4) is 0 Å². The lowest BCUT2D eigenvalue weighted by Gasteiger charge is -2.32. The summed E-state index contributed by atoms with van der Waals surface area (Å²) >= 11 is 3.49. The Hall–Kier alpha value is -2.92. The normalized spacial score (nSPS) is 12.7. The number of carbonyl (C=O) groups is 2. The van der Waals surface area contributed by atoms with Gasteiger partial charge in [-0.15, -0.1) is 0 Å². The smallest absolute Gasteiger partial charge is 0.243 e. The first-order valence-electron chi connectivity index (χ1n) is 13.2. The zero-order chi connectivity index (χ0) is 26.8. The first-order chi connectivity index (χ1) is 17.8. The van der Waals surface area contributed by atoms with Crippen LogP contribution >= 0.6 is 15.9 Å². The van der Waals surface area contributed by atoms with Crippen LogP contribution in [0.25, 0.3) is 0 Å². The molecular weight excluding hydrogens is 524 g/mol. The van der Waals surface area contributed by atoms with Crippen molar-refractivity contribution < 1.29 is 9.59 Å². The van der Waals surface area contributed by atoms with Gasteiger partial charge < -0.3 is 10.2 Å². The Labute approximate surface area is 230 Å². The van der Waals surface area contributed by atoms with E-state index in [0.29, 0.717) is 31.7 Å². The molecule has 3 rings (SSSR count). The summed E-state index contributed by atoms with van der Waals surface area (Å²) in [5.41, 5.74) is 4.44. The lowest BCUT2D eigenvalue weighted by Crippen LogP contribution is -2.52. The zero-order valence-electron chi connectivity index (χ0n) is 22.4. The van der Waals surface area contributed by atoms with Crippen molar-refractivity contribution in [2.75, 3.05) is 0 Å². The molecule has 196 valence electrons. The number of rotatable bonds is 12. The monoisotopic (exact) mass is 562 g/mol. The fourth-order valence-electron chi connectivity index (χ4n) is 4.25. The van der Waals surface area contributed by atoms with Gasteiger partial charge in [0.25, 0.3) is 0 Å². The summed E-state index contributed by atoms with van der Waals surface area (Å²) in [6.07, 6.45) is 2.28. The molecule has 0 saturated heterocycles. The summed E-state index contributed by atoms with van der Waals surface area (Å²) in [6, 6.07) is 25.8. The molecule has 0 spiro atoms. The first-order valence-corrected chi connectivity index (χ1v) is 14.0. The summed E-state index contributed by atoms with van der Waals surface area (Å²) in [7, 11) is 0. The van der Waals surface area contributed by atoms with E-state index in [9.17, 15) is 9.59 Å². The molecule has 0 bridgehead atoms. The van der Waals surface area contributed by atoms with Gasteiger partial charge in [-0.25, -0.2) is 0 Å². The van der Waals surface area contributed by atoms with Crippen LogP contribution in [0, 0.1) is 0 Å². The molecule has 0 fully saturated rings. The largest absolute Gasteiger partial charge is 0.352 e. The van der Waals surface area contributed by atoms with Gasteiger partial charge in [0.2, 0.25) is 11.8 Å². The number of nitrogens with zero attached hydrogens (tertiary/aromatic N) is 1. The molecule has 0 aliphatic rings. The number of hydrogen-bond donors (Lipinski definition) is 1. The highest BCUT2D eigenvalue weighted by molar-refractivity contribution is 9.10. The fourth-order valence-corrected chi connectivity index (χ4v) is 4.51. The minimum atomic E-state index is -0.601. The molecule has 1 N–H and O–H groups in total. The van der Waals surface area contributed by atoms with Crippen molar-refractivity contribution in [2.24, 2.45) is 0 Å². The second kappa shape index (κ2) is 14.1. The molecule has 0 heterocycles. The van der Waals surface area contributed by atoms with Gasteiger partial charge in [-0.3, -0.25) is 9.59 Å². The van der Waals surface area contributed by atoms with Gasteiger partial charge in [0.05, 0.1) is 0 Å². The van der Waals surface area contributed by atoms with E-state index in [1.807, 2.05) is 68.4 Å². The van der Waals surface area contributed by atoms with Crippen molar-refractivity contribution >= 4 is 27.7 Å². The molecule has 5 heteroatoms. The Morgan fingerprint density at radius 1 is 0.838 bits per heavy atom. The van der Waals surface area contributed by atoms with Gasteiger partial charge in [0.15, 0.2) is 0 Å². The van der Waals surface area contributed by atoms with Crippen LogP contribution in [0.1, 0.15) is 68.7 Å². The predicted octanol–water partition coefficient (Wildman–Crippen LogP) is 7.06. The Morgan fingerprint density at radius 3 is 2.05 bits per heavy atom. The number of hydrogen-bond acceptors (Lipinski definition) is 2. The summed E-state index contributed by atoms with van der Waals surface area (Å²) in [6.45, 7) is 8.78. The maximum absolute atomic E-state index is 13.8. The fraction of sp³-hybridized carbons (Fsp3) is 0.375. The van der Waals surface area contributed by atoms with E-state index in [2.05, 4.69) is 59.4 Å². The average Bonchev–Trinajstić information content (AvgIpc) is 2.91. The van der Waals surface area contributed by atoms with E-state index >= 15 is 0 Å². The molecule has 0 unspecified atom stereocenters. The molecular formula is C32H39BrN2O2. The number of nitrogens with one attached hydrogen (secondary N) is 1. The number of amides is 2. The molecule has 0 aromatic heterocycles. The maximum Gasteiger partial charge on any atom is 0.243 e. The topological polar surface area (TPSA) is 49.4 Å². The van der Waals surface area contributed by atoms with Crippen LogP contribution in [-0.2, 0) is 29.0 Å². The van der Waals surface area contributed by atoms with Gasteiger partial charge in [-0.05, 0) is 60.1 Å². The van der Waals surface area contributed by atoms with Crippen molar-refractivity contribution in [2.45, 2.75) is 77.9 Å². The molecule has 0 radical (unpaired) electrons. The van der Waals surface area contributed by atoms with Crippen molar-refractivity contribution in [1.29, 1.82) is 0 Å². The zero-order valence-corrected chi connectivity index (χ0v) is 24.0. The van der Waals surface area contributed by atoms with E-state index < -0.39 is 6.04 Å². The van der Waals surface area contributed by atoms with E-state index in [0.717, 1.165) is 27.6 Å².